The molecule has 0 spiro atoms. The highest BCUT2D eigenvalue weighted by Gasteiger charge is 2.32. The standard InChI is InChI=1S/C40H40N8O8/c1-45-20-24(15-31(45)37(50)43-26-16-32(46(2)21-26)38(51)44-35-13-12-30(47(35)3)40(53)55-5)23-8-10-25(11-9-23)42-36(49)22-56-34-18-29-28(17-33(34)54-4)39(52)48-14-6-7-27(48)19-41-29/h8-13,15-21,27H,6-7,14,22H2,1-5H3,(H,42,49)(H,43,50)(H,44,51)/t27-/m0/s1. The molecule has 3 aromatic heterocycles. The molecule has 0 bridgehead atoms. The Balaban J connectivity index is 0.953. The molecule has 2 aromatic carbocycles. The molecule has 0 saturated carbocycles. The van der Waals surface area contributed by atoms with Crippen LogP contribution in [0.3, 0.4) is 0 Å². The number of anilines is 3. The fraction of sp³-hybridized carbons (Fsp3) is 0.250. The Kier molecular flexibility index (Phi) is 10.2. The number of methoxy groups -OCH3 is 2. The highest BCUT2D eigenvalue weighted by Crippen LogP contribution is 2.38. The van der Waals surface area contributed by atoms with Gasteiger partial charge >= 0.3 is 5.97 Å². The fourth-order valence-corrected chi connectivity index (χ4v) is 6.84. The van der Waals surface area contributed by atoms with Crippen molar-refractivity contribution in [2.75, 3.05) is 43.3 Å². The molecule has 5 heterocycles. The van der Waals surface area contributed by atoms with E-state index in [0.29, 0.717) is 52.2 Å². The van der Waals surface area contributed by atoms with Gasteiger partial charge in [0, 0.05) is 63.6 Å². The molecular formula is C40H40N8O8. The third-order valence-electron chi connectivity index (χ3n) is 9.81. The van der Waals surface area contributed by atoms with Crippen LogP contribution in [0.2, 0.25) is 0 Å². The summed E-state index contributed by atoms with van der Waals surface area (Å²) in [6.45, 7) is 0.374. The number of nitrogens with one attached hydrogen (secondary N) is 3. The predicted molar refractivity (Wildman–Crippen MR) is 208 cm³/mol. The average molecular weight is 761 g/mol. The number of carbonyl (C=O) groups excluding carboxylic acids is 5. The van der Waals surface area contributed by atoms with E-state index in [1.165, 1.54) is 18.8 Å². The summed E-state index contributed by atoms with van der Waals surface area (Å²) in [5, 5.41) is 8.45. The zero-order chi connectivity index (χ0) is 39.7. The molecule has 5 aromatic rings. The quantitative estimate of drug-likeness (QED) is 0.157. The minimum Gasteiger partial charge on any atom is -0.493 e. The van der Waals surface area contributed by atoms with Crippen LogP contribution in [-0.4, -0.2) is 87.8 Å². The Morgan fingerprint density at radius 3 is 2.27 bits per heavy atom. The second kappa shape index (κ2) is 15.3. The lowest BCUT2D eigenvalue weighted by atomic mass is 10.1. The zero-order valence-corrected chi connectivity index (χ0v) is 31.4. The van der Waals surface area contributed by atoms with Gasteiger partial charge in [-0.3, -0.25) is 24.2 Å². The van der Waals surface area contributed by atoms with Gasteiger partial charge in [0.05, 0.1) is 37.2 Å². The van der Waals surface area contributed by atoms with Crippen molar-refractivity contribution in [3.8, 4) is 22.6 Å². The van der Waals surface area contributed by atoms with E-state index >= 15 is 0 Å². The lowest BCUT2D eigenvalue weighted by molar-refractivity contribution is -0.118. The van der Waals surface area contributed by atoms with E-state index in [1.807, 2.05) is 23.2 Å². The summed E-state index contributed by atoms with van der Waals surface area (Å²) in [5.74, 6) is -0.816. The molecule has 4 amide bonds. The summed E-state index contributed by atoms with van der Waals surface area (Å²) in [6.07, 6.45) is 7.04. The average Bonchev–Trinajstić information content (AvgIpc) is 3.98. The van der Waals surface area contributed by atoms with E-state index in [4.69, 9.17) is 14.2 Å². The van der Waals surface area contributed by atoms with E-state index in [-0.39, 0.29) is 35.9 Å². The maximum absolute atomic E-state index is 13.3. The highest BCUT2D eigenvalue weighted by atomic mass is 16.5. The van der Waals surface area contributed by atoms with Gasteiger partial charge in [0.25, 0.3) is 23.6 Å². The molecule has 1 saturated heterocycles. The second-order valence-electron chi connectivity index (χ2n) is 13.4. The number of hydrogen-bond donors (Lipinski definition) is 3. The molecule has 1 fully saturated rings. The molecule has 2 aliphatic heterocycles. The third-order valence-corrected chi connectivity index (χ3v) is 9.81. The van der Waals surface area contributed by atoms with E-state index in [9.17, 15) is 24.0 Å². The van der Waals surface area contributed by atoms with Crippen LogP contribution in [-0.2, 0) is 30.7 Å². The van der Waals surface area contributed by atoms with Gasteiger partial charge in [0.15, 0.2) is 18.1 Å². The first-order valence-corrected chi connectivity index (χ1v) is 17.7. The smallest absolute Gasteiger partial charge is 0.354 e. The molecule has 0 aliphatic carbocycles. The molecular weight excluding hydrogens is 720 g/mol. The van der Waals surface area contributed by atoms with E-state index in [1.54, 1.807) is 91.2 Å². The van der Waals surface area contributed by atoms with Crippen molar-refractivity contribution < 1.29 is 38.2 Å². The number of benzene rings is 2. The molecule has 16 heteroatoms. The maximum Gasteiger partial charge on any atom is 0.354 e. The summed E-state index contributed by atoms with van der Waals surface area (Å²) in [7, 11) is 7.83. The van der Waals surface area contributed by atoms with Crippen molar-refractivity contribution in [1.82, 2.24) is 18.6 Å². The number of rotatable bonds is 11. The Bertz CT molecular complexity index is 2400. The van der Waals surface area contributed by atoms with Crippen LogP contribution >= 0.6 is 0 Å². The van der Waals surface area contributed by atoms with Gasteiger partial charge < -0.3 is 48.8 Å². The molecule has 1 atom stereocenters. The van der Waals surface area contributed by atoms with Gasteiger partial charge in [-0.1, -0.05) is 12.1 Å². The van der Waals surface area contributed by atoms with Crippen LogP contribution in [0, 0.1) is 0 Å². The number of nitrogens with zero attached hydrogens (tertiary/aromatic N) is 5. The first-order valence-electron chi connectivity index (χ1n) is 17.7. The van der Waals surface area contributed by atoms with Gasteiger partial charge in [-0.25, -0.2) is 4.79 Å². The molecule has 56 heavy (non-hydrogen) atoms. The van der Waals surface area contributed by atoms with Crippen molar-refractivity contribution in [3.05, 3.63) is 95.7 Å². The van der Waals surface area contributed by atoms with Gasteiger partial charge in [-0.15, -0.1) is 0 Å². The van der Waals surface area contributed by atoms with Crippen LogP contribution in [0.25, 0.3) is 11.1 Å². The van der Waals surface area contributed by atoms with Crippen LogP contribution < -0.4 is 25.4 Å². The van der Waals surface area contributed by atoms with Gasteiger partial charge in [0.2, 0.25) is 0 Å². The Hall–Kier alpha value is -7.10. The summed E-state index contributed by atoms with van der Waals surface area (Å²) in [4.78, 5) is 70.7. The van der Waals surface area contributed by atoms with Crippen LogP contribution in [0.15, 0.2) is 78.0 Å². The molecule has 2 aliphatic rings. The van der Waals surface area contributed by atoms with Gasteiger partial charge in [0.1, 0.15) is 22.9 Å². The third kappa shape index (κ3) is 7.36. The molecule has 3 N–H and O–H groups in total. The van der Waals surface area contributed by atoms with Crippen molar-refractivity contribution in [2.45, 2.75) is 18.9 Å². The number of carbonyl (C=O) groups is 5. The molecule has 288 valence electrons. The minimum atomic E-state index is -0.527. The monoisotopic (exact) mass is 760 g/mol. The number of aromatic nitrogens is 3. The van der Waals surface area contributed by atoms with E-state index < -0.39 is 17.8 Å². The Morgan fingerprint density at radius 2 is 1.52 bits per heavy atom. The number of amides is 4. The Morgan fingerprint density at radius 1 is 0.786 bits per heavy atom. The summed E-state index contributed by atoms with van der Waals surface area (Å²) in [5.41, 5.74) is 4.40. The van der Waals surface area contributed by atoms with E-state index in [0.717, 1.165) is 24.0 Å². The SMILES string of the molecule is COC(=O)c1ccc(NC(=O)c2cc(NC(=O)c3cc(-c4ccc(NC(=O)COc5cc6c(cc5OC)C(=O)N5CCC[C@H]5C=N6)cc4)cn3C)cn2C)n1C. The summed E-state index contributed by atoms with van der Waals surface area (Å²) < 4.78 is 20.9. The van der Waals surface area contributed by atoms with Crippen molar-refractivity contribution >= 4 is 58.7 Å². The minimum absolute atomic E-state index is 0.0312. The van der Waals surface area contributed by atoms with Crippen molar-refractivity contribution in [2.24, 2.45) is 26.1 Å². The van der Waals surface area contributed by atoms with Crippen molar-refractivity contribution in [3.63, 3.8) is 0 Å². The number of aliphatic imine (C=N–C) groups is 1. The number of aryl methyl sites for hydroxylation is 2. The van der Waals surface area contributed by atoms with E-state index in [2.05, 4.69) is 20.9 Å². The van der Waals surface area contributed by atoms with Crippen molar-refractivity contribution in [1.29, 1.82) is 0 Å². The first kappa shape index (κ1) is 37.2. The number of hydrogen-bond acceptors (Lipinski definition) is 9. The molecule has 7 rings (SSSR count). The lowest BCUT2D eigenvalue weighted by Gasteiger charge is -2.20. The van der Waals surface area contributed by atoms with Crippen LogP contribution in [0.1, 0.15) is 54.7 Å². The largest absolute Gasteiger partial charge is 0.493 e. The molecule has 0 radical (unpaired) electrons. The number of esters is 1. The predicted octanol–water partition coefficient (Wildman–Crippen LogP) is 5.01. The molecule has 0 unspecified atom stereocenters. The highest BCUT2D eigenvalue weighted by molar-refractivity contribution is 6.07. The molecule has 16 nitrogen and oxygen atoms in total. The van der Waals surface area contributed by atoms with Crippen LogP contribution in [0.5, 0.6) is 11.5 Å². The van der Waals surface area contributed by atoms with Gasteiger partial charge in [-0.2, -0.15) is 0 Å². The Labute approximate surface area is 321 Å². The van der Waals surface area contributed by atoms with Gasteiger partial charge in [-0.05, 0) is 60.9 Å². The second-order valence-corrected chi connectivity index (χ2v) is 13.4. The maximum atomic E-state index is 13.3. The zero-order valence-electron chi connectivity index (χ0n) is 31.4. The van der Waals surface area contributed by atoms with Crippen LogP contribution in [0.4, 0.5) is 22.9 Å². The number of fused-ring (bicyclic) bond motifs is 2. The fourth-order valence-electron chi connectivity index (χ4n) is 6.84. The summed E-state index contributed by atoms with van der Waals surface area (Å²) in [6, 6.07) is 16.8. The summed E-state index contributed by atoms with van der Waals surface area (Å²) >= 11 is 0. The lowest BCUT2D eigenvalue weighted by Crippen LogP contribution is -2.35. The normalized spacial score (nSPS) is 14.4. The number of ether oxygens (including phenoxy) is 3. The first-order chi connectivity index (χ1) is 26.9. The topological polar surface area (TPSA) is 180 Å².